The van der Waals surface area contributed by atoms with Crippen molar-refractivity contribution in [2.75, 3.05) is 32.2 Å². The van der Waals surface area contributed by atoms with Crippen molar-refractivity contribution in [3.05, 3.63) is 30.3 Å². The van der Waals surface area contributed by atoms with Crippen LogP contribution in [0.2, 0.25) is 0 Å². The molecule has 0 bridgehead atoms. The fourth-order valence-corrected chi connectivity index (χ4v) is 3.33. The van der Waals surface area contributed by atoms with E-state index in [2.05, 4.69) is 12.1 Å². The molecular weight excluding hydrogens is 304 g/mol. The zero-order valence-corrected chi connectivity index (χ0v) is 14.4. The molecule has 128 valence electrons. The Bertz CT molecular complexity index is 636. The number of rotatable bonds is 3. The highest BCUT2D eigenvalue weighted by Gasteiger charge is 2.31. The van der Waals surface area contributed by atoms with Gasteiger partial charge in [0.15, 0.2) is 0 Å². The van der Waals surface area contributed by atoms with Gasteiger partial charge in [-0.15, -0.1) is 0 Å². The van der Waals surface area contributed by atoms with Crippen molar-refractivity contribution in [1.82, 2.24) is 4.90 Å². The average molecular weight is 329 g/mol. The van der Waals surface area contributed by atoms with Gasteiger partial charge in [0.05, 0.1) is 25.8 Å². The van der Waals surface area contributed by atoms with Crippen LogP contribution in [0.3, 0.4) is 0 Å². The zero-order valence-electron chi connectivity index (χ0n) is 14.4. The smallest absolute Gasteiger partial charge is 0.270 e. The number of hydrazone groups is 1. The number of piperidine rings is 1. The van der Waals surface area contributed by atoms with E-state index in [4.69, 9.17) is 0 Å². The summed E-state index contributed by atoms with van der Waals surface area (Å²) in [6.07, 6.45) is 2.78. The van der Waals surface area contributed by atoms with Crippen molar-refractivity contribution < 1.29 is 14.5 Å². The third-order valence-corrected chi connectivity index (χ3v) is 4.96. The molecule has 1 aromatic rings. The molecule has 0 radical (unpaired) electrons. The van der Waals surface area contributed by atoms with Gasteiger partial charge in [-0.25, -0.2) is 5.01 Å². The summed E-state index contributed by atoms with van der Waals surface area (Å²) in [5.41, 5.74) is 1.19. The van der Waals surface area contributed by atoms with Crippen molar-refractivity contribution in [1.29, 1.82) is 0 Å². The molecule has 2 aliphatic rings. The van der Waals surface area contributed by atoms with Gasteiger partial charge in [0.2, 0.25) is 5.91 Å². The van der Waals surface area contributed by atoms with E-state index in [1.54, 1.807) is 0 Å². The van der Waals surface area contributed by atoms with Crippen LogP contribution in [0.4, 0.5) is 5.69 Å². The molecule has 0 spiro atoms. The van der Waals surface area contributed by atoms with Gasteiger partial charge in [0, 0.05) is 38.8 Å². The Balaban J connectivity index is 1.75. The van der Waals surface area contributed by atoms with Crippen LogP contribution < -0.4 is 9.91 Å². The molecule has 1 fully saturated rings. The second kappa shape index (κ2) is 7.13. The fourth-order valence-electron chi connectivity index (χ4n) is 3.33. The largest absolute Gasteiger partial charge is 0.337 e. The molecule has 6 nitrogen and oxygen atoms in total. The maximum absolute atomic E-state index is 12.8. The van der Waals surface area contributed by atoms with Crippen LogP contribution in [0, 0.1) is 0 Å². The normalized spacial score (nSPS) is 24.5. The number of likely N-dealkylation sites (tertiary alicyclic amines) is 1. The van der Waals surface area contributed by atoms with E-state index < -0.39 is 0 Å². The first kappa shape index (κ1) is 16.6. The standard InChI is InChI=1S/C18H24N4O2/c1-20-12-10-14(11-13-20)21(2)18(24)16-8-9-17(23)22(19-16)15-6-4-3-5-7-15/h3-7,14H,8-13H2,1-2H3/p+1. The first-order chi connectivity index (χ1) is 11.6. The molecule has 0 aliphatic carbocycles. The predicted molar refractivity (Wildman–Crippen MR) is 93.0 cm³/mol. The Hall–Kier alpha value is -2.21. The Kier molecular flexibility index (Phi) is 4.94. The van der Waals surface area contributed by atoms with E-state index in [9.17, 15) is 9.59 Å². The molecule has 0 saturated carbocycles. The van der Waals surface area contributed by atoms with Gasteiger partial charge >= 0.3 is 0 Å². The van der Waals surface area contributed by atoms with E-state index in [1.165, 1.54) is 9.91 Å². The number of para-hydroxylation sites is 1. The third-order valence-electron chi connectivity index (χ3n) is 4.96. The number of hydrogen-bond acceptors (Lipinski definition) is 3. The number of carbonyl (C=O) groups excluding carboxylic acids is 2. The Morgan fingerprint density at radius 3 is 2.54 bits per heavy atom. The monoisotopic (exact) mass is 329 g/mol. The minimum atomic E-state index is -0.0664. The van der Waals surface area contributed by atoms with Crippen LogP contribution >= 0.6 is 0 Å². The van der Waals surface area contributed by atoms with Crippen LogP contribution in [0.15, 0.2) is 35.4 Å². The topological polar surface area (TPSA) is 57.4 Å². The molecule has 0 aromatic heterocycles. The first-order valence-electron chi connectivity index (χ1n) is 8.60. The van der Waals surface area contributed by atoms with E-state index in [-0.39, 0.29) is 17.9 Å². The van der Waals surface area contributed by atoms with Crippen molar-refractivity contribution in [3.8, 4) is 0 Å². The van der Waals surface area contributed by atoms with Crippen molar-refractivity contribution in [3.63, 3.8) is 0 Å². The number of nitrogens with one attached hydrogen (secondary N) is 1. The van der Waals surface area contributed by atoms with Crippen LogP contribution in [-0.2, 0) is 9.59 Å². The maximum atomic E-state index is 12.8. The predicted octanol–water partition coefficient (Wildman–Crippen LogP) is 0.305. The van der Waals surface area contributed by atoms with Gasteiger partial charge in [-0.3, -0.25) is 9.59 Å². The number of nitrogens with zero attached hydrogens (tertiary/aromatic N) is 3. The summed E-state index contributed by atoms with van der Waals surface area (Å²) in [5, 5.41) is 5.73. The number of anilines is 1. The lowest BCUT2D eigenvalue weighted by atomic mass is 10.0. The highest BCUT2D eigenvalue weighted by Crippen LogP contribution is 2.21. The first-order valence-corrected chi connectivity index (χ1v) is 8.60. The minimum absolute atomic E-state index is 0.0482. The van der Waals surface area contributed by atoms with E-state index in [0.29, 0.717) is 24.2 Å². The van der Waals surface area contributed by atoms with Gasteiger partial charge in [0.1, 0.15) is 5.71 Å². The molecular formula is C18H25N4O2+. The number of hydrogen-bond donors (Lipinski definition) is 1. The van der Waals surface area contributed by atoms with Gasteiger partial charge < -0.3 is 9.80 Å². The average Bonchev–Trinajstić information content (AvgIpc) is 2.62. The quantitative estimate of drug-likeness (QED) is 0.867. The molecule has 0 atom stereocenters. The molecule has 0 unspecified atom stereocenters. The molecule has 1 N–H and O–H groups in total. The highest BCUT2D eigenvalue weighted by molar-refractivity contribution is 6.40. The summed E-state index contributed by atoms with van der Waals surface area (Å²) < 4.78 is 0. The van der Waals surface area contributed by atoms with Crippen LogP contribution in [-0.4, -0.2) is 55.7 Å². The van der Waals surface area contributed by atoms with Gasteiger partial charge in [0.25, 0.3) is 5.91 Å². The summed E-state index contributed by atoms with van der Waals surface area (Å²) in [6.45, 7) is 2.17. The molecule has 2 amide bonds. The lowest BCUT2D eigenvalue weighted by molar-refractivity contribution is -0.885. The summed E-state index contributed by atoms with van der Waals surface area (Å²) in [7, 11) is 4.05. The Morgan fingerprint density at radius 2 is 1.88 bits per heavy atom. The van der Waals surface area contributed by atoms with E-state index >= 15 is 0 Å². The fraction of sp³-hybridized carbons (Fsp3) is 0.500. The molecule has 2 heterocycles. The summed E-state index contributed by atoms with van der Waals surface area (Å²) in [6, 6.07) is 9.55. The van der Waals surface area contributed by atoms with Crippen LogP contribution in [0.1, 0.15) is 25.7 Å². The molecule has 24 heavy (non-hydrogen) atoms. The molecule has 3 rings (SSSR count). The highest BCUT2D eigenvalue weighted by atomic mass is 16.2. The van der Waals surface area contributed by atoms with Gasteiger partial charge in [-0.2, -0.15) is 5.10 Å². The second-order valence-electron chi connectivity index (χ2n) is 6.69. The lowest BCUT2D eigenvalue weighted by Crippen LogP contribution is -3.10. The van der Waals surface area contributed by atoms with Gasteiger partial charge in [-0.05, 0) is 12.1 Å². The van der Waals surface area contributed by atoms with Crippen molar-refractivity contribution >= 4 is 23.2 Å². The summed E-state index contributed by atoms with van der Waals surface area (Å²) >= 11 is 0. The van der Waals surface area contributed by atoms with Crippen molar-refractivity contribution in [2.24, 2.45) is 5.10 Å². The Morgan fingerprint density at radius 1 is 1.21 bits per heavy atom. The minimum Gasteiger partial charge on any atom is -0.337 e. The number of carbonyl (C=O) groups is 2. The Labute approximate surface area is 142 Å². The van der Waals surface area contributed by atoms with E-state index in [1.807, 2.05) is 42.3 Å². The maximum Gasteiger partial charge on any atom is 0.270 e. The number of quaternary nitrogens is 1. The van der Waals surface area contributed by atoms with E-state index in [0.717, 1.165) is 25.9 Å². The van der Waals surface area contributed by atoms with Gasteiger partial charge in [-0.1, -0.05) is 18.2 Å². The van der Waals surface area contributed by atoms with Crippen molar-refractivity contribution in [2.45, 2.75) is 31.7 Å². The number of amides is 2. The van der Waals surface area contributed by atoms with Crippen LogP contribution in [0.5, 0.6) is 0 Å². The SMILES string of the molecule is CN(C(=O)C1=NN(c2ccccc2)C(=O)CC1)C1CC[NH+](C)CC1. The second-order valence-corrected chi connectivity index (χ2v) is 6.69. The summed E-state index contributed by atoms with van der Waals surface area (Å²) in [5.74, 6) is -0.115. The molecule has 1 saturated heterocycles. The molecule has 1 aromatic carbocycles. The lowest BCUT2D eigenvalue weighted by Gasteiger charge is -2.34. The summed E-state index contributed by atoms with van der Waals surface area (Å²) in [4.78, 5) is 28.3. The zero-order chi connectivity index (χ0) is 17.1. The molecule has 2 aliphatic heterocycles. The third kappa shape index (κ3) is 3.48. The molecule has 6 heteroatoms. The van der Waals surface area contributed by atoms with Crippen LogP contribution in [0.25, 0.3) is 0 Å². The number of benzene rings is 1.